The number of benzene rings is 1. The van der Waals surface area contributed by atoms with E-state index in [1.165, 1.54) is 10.5 Å². The summed E-state index contributed by atoms with van der Waals surface area (Å²) < 4.78 is 0. The molecule has 1 heterocycles. The molecule has 1 aromatic rings. The van der Waals surface area contributed by atoms with Crippen molar-refractivity contribution >= 4 is 23.6 Å². The lowest BCUT2D eigenvalue weighted by molar-refractivity contribution is -0.142. The minimum Gasteiger partial charge on any atom is -0.353 e. The molecule has 1 aliphatic heterocycles. The number of hydrogen-bond acceptors (Lipinski definition) is 3. The Kier molecular flexibility index (Phi) is 5.67. The molecular weight excluding hydrogens is 284 g/mol. The quantitative estimate of drug-likeness (QED) is 0.670. The third kappa shape index (κ3) is 4.49. The number of carbonyl (C=O) groups excluding carboxylic acids is 2. The summed E-state index contributed by atoms with van der Waals surface area (Å²) in [6.07, 6.45) is 1.35. The van der Waals surface area contributed by atoms with Gasteiger partial charge in [-0.3, -0.25) is 9.59 Å². The zero-order valence-electron chi connectivity index (χ0n) is 12.6. The molecule has 4 nitrogen and oxygen atoms in total. The van der Waals surface area contributed by atoms with Gasteiger partial charge in [-0.25, -0.2) is 0 Å². The summed E-state index contributed by atoms with van der Waals surface area (Å²) in [5.74, 6) is 0.953. The first kappa shape index (κ1) is 15.9. The topological polar surface area (TPSA) is 49.4 Å². The van der Waals surface area contributed by atoms with Crippen molar-refractivity contribution in [1.29, 1.82) is 0 Å². The van der Waals surface area contributed by atoms with Crippen LogP contribution in [0.2, 0.25) is 0 Å². The van der Waals surface area contributed by atoms with Crippen molar-refractivity contribution in [1.82, 2.24) is 10.2 Å². The highest BCUT2D eigenvalue weighted by molar-refractivity contribution is 7.99. The molecule has 1 saturated heterocycles. The molecule has 0 spiro atoms. The molecule has 2 rings (SSSR count). The Labute approximate surface area is 130 Å². The van der Waals surface area contributed by atoms with Crippen molar-refractivity contribution < 1.29 is 9.59 Å². The Bertz CT molecular complexity index is 502. The standard InChI is InChI=1S/C16H22N2O2S/c1-12-5-7-14(8-6-12)21-11-3-4-15(19)18-10-9-17-16(20)13(18)2/h5-8,13H,3-4,9-11H2,1-2H3,(H,17,20)/t13-/m1/s1. The van der Waals surface area contributed by atoms with E-state index in [0.717, 1.165) is 12.2 Å². The van der Waals surface area contributed by atoms with Crippen LogP contribution in [-0.4, -0.2) is 41.6 Å². The summed E-state index contributed by atoms with van der Waals surface area (Å²) in [4.78, 5) is 26.6. The van der Waals surface area contributed by atoms with E-state index in [-0.39, 0.29) is 17.9 Å². The van der Waals surface area contributed by atoms with E-state index in [0.29, 0.717) is 19.5 Å². The van der Waals surface area contributed by atoms with Gasteiger partial charge in [0.1, 0.15) is 6.04 Å². The zero-order valence-corrected chi connectivity index (χ0v) is 13.4. The van der Waals surface area contributed by atoms with Crippen LogP contribution in [0.1, 0.15) is 25.3 Å². The number of amides is 2. The molecule has 0 aliphatic carbocycles. The van der Waals surface area contributed by atoms with E-state index in [1.54, 1.807) is 23.6 Å². The van der Waals surface area contributed by atoms with Gasteiger partial charge in [-0.15, -0.1) is 11.8 Å². The number of nitrogens with one attached hydrogen (secondary N) is 1. The second-order valence-corrected chi connectivity index (χ2v) is 6.49. The fourth-order valence-electron chi connectivity index (χ4n) is 2.31. The SMILES string of the molecule is Cc1ccc(SCCCC(=O)N2CCNC(=O)[C@H]2C)cc1. The Morgan fingerprint density at radius 1 is 1.38 bits per heavy atom. The third-order valence-corrected chi connectivity index (χ3v) is 4.74. The molecular formula is C16H22N2O2S. The average Bonchev–Trinajstić information content (AvgIpc) is 2.48. The van der Waals surface area contributed by atoms with E-state index in [1.807, 2.05) is 0 Å². The van der Waals surface area contributed by atoms with Gasteiger partial charge in [0.15, 0.2) is 0 Å². The lowest BCUT2D eigenvalue weighted by Gasteiger charge is -2.32. The minimum absolute atomic E-state index is 0.0522. The molecule has 1 aromatic carbocycles. The Balaban J connectivity index is 1.71. The number of nitrogens with zero attached hydrogens (tertiary/aromatic N) is 1. The molecule has 1 atom stereocenters. The summed E-state index contributed by atoms with van der Waals surface area (Å²) >= 11 is 1.77. The Morgan fingerprint density at radius 3 is 2.81 bits per heavy atom. The highest BCUT2D eigenvalue weighted by Gasteiger charge is 2.28. The van der Waals surface area contributed by atoms with Gasteiger partial charge in [0.05, 0.1) is 0 Å². The van der Waals surface area contributed by atoms with Crippen LogP contribution in [0.3, 0.4) is 0 Å². The predicted octanol–water partition coefficient (Wildman–Crippen LogP) is 2.21. The molecule has 0 aromatic heterocycles. The predicted molar refractivity (Wildman–Crippen MR) is 85.3 cm³/mol. The average molecular weight is 306 g/mol. The molecule has 1 fully saturated rings. The number of piperazine rings is 1. The second-order valence-electron chi connectivity index (χ2n) is 5.32. The smallest absolute Gasteiger partial charge is 0.242 e. The molecule has 21 heavy (non-hydrogen) atoms. The van der Waals surface area contributed by atoms with Gasteiger partial charge < -0.3 is 10.2 Å². The number of hydrogen-bond donors (Lipinski definition) is 1. The highest BCUT2D eigenvalue weighted by atomic mass is 32.2. The van der Waals surface area contributed by atoms with E-state index >= 15 is 0 Å². The van der Waals surface area contributed by atoms with Gasteiger partial charge in [-0.1, -0.05) is 17.7 Å². The first-order valence-electron chi connectivity index (χ1n) is 7.34. The van der Waals surface area contributed by atoms with Crippen LogP contribution in [0.4, 0.5) is 0 Å². The van der Waals surface area contributed by atoms with Gasteiger partial charge in [0.25, 0.3) is 0 Å². The molecule has 0 bridgehead atoms. The van der Waals surface area contributed by atoms with Gasteiger partial charge in [-0.05, 0) is 38.2 Å². The summed E-state index contributed by atoms with van der Waals surface area (Å²) in [5.41, 5.74) is 1.26. The van der Waals surface area contributed by atoms with E-state index in [2.05, 4.69) is 36.5 Å². The van der Waals surface area contributed by atoms with Crippen molar-refractivity contribution in [2.24, 2.45) is 0 Å². The Morgan fingerprint density at radius 2 is 2.10 bits per heavy atom. The van der Waals surface area contributed by atoms with Crippen LogP contribution in [0, 0.1) is 6.92 Å². The van der Waals surface area contributed by atoms with Crippen LogP contribution in [-0.2, 0) is 9.59 Å². The van der Waals surface area contributed by atoms with Crippen LogP contribution >= 0.6 is 11.8 Å². The monoisotopic (exact) mass is 306 g/mol. The molecule has 0 saturated carbocycles. The van der Waals surface area contributed by atoms with E-state index in [4.69, 9.17) is 0 Å². The third-order valence-electron chi connectivity index (χ3n) is 3.64. The van der Waals surface area contributed by atoms with Crippen LogP contribution < -0.4 is 5.32 Å². The molecule has 0 unspecified atom stereocenters. The number of aryl methyl sites for hydroxylation is 1. The number of carbonyl (C=O) groups is 2. The van der Waals surface area contributed by atoms with Crippen LogP contribution in [0.5, 0.6) is 0 Å². The van der Waals surface area contributed by atoms with Crippen LogP contribution in [0.25, 0.3) is 0 Å². The van der Waals surface area contributed by atoms with Crippen molar-refractivity contribution in [2.75, 3.05) is 18.8 Å². The van der Waals surface area contributed by atoms with Crippen molar-refractivity contribution in [3.05, 3.63) is 29.8 Å². The van der Waals surface area contributed by atoms with E-state index < -0.39 is 0 Å². The van der Waals surface area contributed by atoms with E-state index in [9.17, 15) is 9.59 Å². The zero-order chi connectivity index (χ0) is 15.2. The molecule has 2 amide bonds. The van der Waals surface area contributed by atoms with Crippen molar-refractivity contribution in [3.8, 4) is 0 Å². The maximum atomic E-state index is 12.1. The lowest BCUT2D eigenvalue weighted by Crippen LogP contribution is -2.55. The number of rotatable bonds is 5. The summed E-state index contributed by atoms with van der Waals surface area (Å²) in [6.45, 7) is 5.04. The fraction of sp³-hybridized carbons (Fsp3) is 0.500. The summed E-state index contributed by atoms with van der Waals surface area (Å²) in [7, 11) is 0. The van der Waals surface area contributed by atoms with Gasteiger partial charge in [0.2, 0.25) is 11.8 Å². The second kappa shape index (κ2) is 7.50. The first-order valence-corrected chi connectivity index (χ1v) is 8.33. The largest absolute Gasteiger partial charge is 0.353 e. The van der Waals surface area contributed by atoms with Gasteiger partial charge >= 0.3 is 0 Å². The highest BCUT2D eigenvalue weighted by Crippen LogP contribution is 2.20. The number of thioether (sulfide) groups is 1. The van der Waals surface area contributed by atoms with Gasteiger partial charge in [-0.2, -0.15) is 0 Å². The van der Waals surface area contributed by atoms with Gasteiger partial charge in [0, 0.05) is 24.4 Å². The molecule has 114 valence electrons. The molecule has 5 heteroatoms. The summed E-state index contributed by atoms with van der Waals surface area (Å²) in [5, 5.41) is 2.77. The minimum atomic E-state index is -0.337. The molecule has 0 radical (unpaired) electrons. The maximum Gasteiger partial charge on any atom is 0.242 e. The van der Waals surface area contributed by atoms with Crippen molar-refractivity contribution in [2.45, 2.75) is 37.6 Å². The maximum absolute atomic E-state index is 12.1. The summed E-state index contributed by atoms with van der Waals surface area (Å²) in [6, 6.07) is 8.08. The molecule has 1 N–H and O–H groups in total. The van der Waals surface area contributed by atoms with Crippen LogP contribution in [0.15, 0.2) is 29.2 Å². The van der Waals surface area contributed by atoms with Crippen molar-refractivity contribution in [3.63, 3.8) is 0 Å². The first-order chi connectivity index (χ1) is 10.1. The molecule has 1 aliphatic rings. The Hall–Kier alpha value is -1.49. The lowest BCUT2D eigenvalue weighted by atomic mass is 10.2. The normalized spacial score (nSPS) is 18.5. The fourth-order valence-corrected chi connectivity index (χ4v) is 3.17.